The number of hydrogen-bond acceptors (Lipinski definition) is 13. The lowest BCUT2D eigenvalue weighted by atomic mass is 9.97. The summed E-state index contributed by atoms with van der Waals surface area (Å²) in [6.45, 7) is 2.69. The highest BCUT2D eigenvalue weighted by Gasteiger charge is 2.50. The Morgan fingerprint density at radius 1 is 0.667 bits per heavy atom. The van der Waals surface area contributed by atoms with Crippen LogP contribution in [0.5, 0.6) is 0 Å². The smallest absolute Gasteiger partial charge is 0.220 e. The summed E-state index contributed by atoms with van der Waals surface area (Å²) in [4.78, 5) is 12.9. The molecule has 14 nitrogen and oxygen atoms in total. The van der Waals surface area contributed by atoms with Crippen LogP contribution in [-0.4, -0.2) is 140 Å². The van der Waals surface area contributed by atoms with Gasteiger partial charge in [0.15, 0.2) is 12.6 Å². The maximum atomic E-state index is 12.9. The van der Waals surface area contributed by atoms with E-state index in [4.69, 9.17) is 18.9 Å². The van der Waals surface area contributed by atoms with Crippen molar-refractivity contribution >= 4 is 5.91 Å². The van der Waals surface area contributed by atoms with Gasteiger partial charge in [-0.2, -0.15) is 0 Å². The zero-order valence-corrected chi connectivity index (χ0v) is 29.0. The molecule has 284 valence electrons. The molecule has 2 aliphatic rings. The number of aliphatic hydroxyl groups excluding tert-OH is 8. The van der Waals surface area contributed by atoms with Crippen LogP contribution in [0.4, 0.5) is 0 Å². The van der Waals surface area contributed by atoms with Gasteiger partial charge in [-0.15, -0.1) is 0 Å². The second-order valence-corrected chi connectivity index (χ2v) is 13.4. The van der Waals surface area contributed by atoms with E-state index in [1.165, 1.54) is 38.5 Å². The topological polar surface area (TPSA) is 228 Å². The monoisotopic (exact) mass is 695 g/mol. The molecule has 2 fully saturated rings. The number of carbonyl (C=O) groups excluding carboxylic acids is 1. The normalized spacial score (nSPS) is 32.2. The number of rotatable bonds is 25. The van der Waals surface area contributed by atoms with Crippen LogP contribution in [0.3, 0.4) is 0 Å². The lowest BCUT2D eigenvalue weighted by molar-refractivity contribution is -0.359. The minimum Gasteiger partial charge on any atom is -0.394 e. The molecule has 14 heteroatoms. The maximum absolute atomic E-state index is 12.9. The van der Waals surface area contributed by atoms with Gasteiger partial charge in [-0.1, -0.05) is 97.3 Å². The Kier molecular flexibility index (Phi) is 21.8. The summed E-state index contributed by atoms with van der Waals surface area (Å²) in [6, 6.07) is -0.814. The molecule has 2 aliphatic heterocycles. The molecule has 12 atom stereocenters. The zero-order chi connectivity index (χ0) is 35.5. The summed E-state index contributed by atoms with van der Waals surface area (Å²) in [5, 5.41) is 85.7. The third kappa shape index (κ3) is 14.3. The first-order valence-corrected chi connectivity index (χ1v) is 18.3. The van der Waals surface area contributed by atoms with Crippen molar-refractivity contribution in [2.24, 2.45) is 0 Å². The van der Waals surface area contributed by atoms with Gasteiger partial charge in [0.2, 0.25) is 5.91 Å². The molecule has 0 aliphatic carbocycles. The Bertz CT molecular complexity index is 837. The van der Waals surface area contributed by atoms with Crippen LogP contribution in [-0.2, 0) is 23.7 Å². The van der Waals surface area contributed by atoms with Crippen molar-refractivity contribution in [2.45, 2.75) is 190 Å². The number of aliphatic hydroxyl groups is 8. The third-order valence-corrected chi connectivity index (χ3v) is 9.32. The van der Waals surface area contributed by atoms with Gasteiger partial charge in [-0.3, -0.25) is 4.79 Å². The van der Waals surface area contributed by atoms with Crippen LogP contribution >= 0.6 is 0 Å². The fourth-order valence-corrected chi connectivity index (χ4v) is 6.17. The quantitative estimate of drug-likeness (QED) is 0.0602. The molecule has 2 heterocycles. The highest BCUT2D eigenvalue weighted by Crippen LogP contribution is 2.30. The van der Waals surface area contributed by atoms with Gasteiger partial charge in [-0.25, -0.2) is 0 Å². The highest BCUT2D eigenvalue weighted by atomic mass is 16.7. The van der Waals surface area contributed by atoms with Gasteiger partial charge in [0.25, 0.3) is 0 Å². The van der Waals surface area contributed by atoms with Gasteiger partial charge in [0, 0.05) is 6.42 Å². The van der Waals surface area contributed by atoms with Crippen molar-refractivity contribution in [3.8, 4) is 0 Å². The summed E-state index contributed by atoms with van der Waals surface area (Å²) in [6.07, 6.45) is -0.994. The molecule has 2 saturated heterocycles. The lowest BCUT2D eigenvalue weighted by Gasteiger charge is -2.46. The van der Waals surface area contributed by atoms with Crippen molar-refractivity contribution in [1.82, 2.24) is 5.32 Å². The molecule has 9 N–H and O–H groups in total. The molecule has 0 radical (unpaired) electrons. The van der Waals surface area contributed by atoms with Crippen molar-refractivity contribution in [2.75, 3.05) is 19.8 Å². The number of carbonyl (C=O) groups is 1. The molecule has 0 spiro atoms. The summed E-state index contributed by atoms with van der Waals surface area (Å²) >= 11 is 0. The predicted molar refractivity (Wildman–Crippen MR) is 176 cm³/mol. The number of ether oxygens (including phenoxy) is 4. The molecular formula is C34H65NO13. The number of amides is 1. The Balaban J connectivity index is 1.98. The largest absolute Gasteiger partial charge is 0.394 e. The Morgan fingerprint density at radius 2 is 1.19 bits per heavy atom. The lowest BCUT2D eigenvalue weighted by Crippen LogP contribution is -2.65. The molecular weight excluding hydrogens is 630 g/mol. The first kappa shape index (κ1) is 43.2. The molecule has 0 aromatic rings. The summed E-state index contributed by atoms with van der Waals surface area (Å²) in [7, 11) is 0. The fraction of sp³-hybridized carbons (Fsp3) is 0.971. The predicted octanol–water partition coefficient (Wildman–Crippen LogP) is 0.754. The van der Waals surface area contributed by atoms with Crippen LogP contribution in [0.25, 0.3) is 0 Å². The second kappa shape index (κ2) is 24.2. The number of unbranched alkanes of at least 4 members (excludes halogenated alkanes) is 12. The zero-order valence-electron chi connectivity index (χ0n) is 29.0. The van der Waals surface area contributed by atoms with E-state index in [1.807, 2.05) is 0 Å². The molecule has 48 heavy (non-hydrogen) atoms. The minimum absolute atomic E-state index is 0.220. The molecule has 0 bridgehead atoms. The Morgan fingerprint density at radius 3 is 1.77 bits per heavy atom. The van der Waals surface area contributed by atoms with Crippen molar-refractivity contribution in [3.63, 3.8) is 0 Å². The molecule has 1 amide bonds. The van der Waals surface area contributed by atoms with E-state index in [1.54, 1.807) is 0 Å². The van der Waals surface area contributed by atoms with Crippen molar-refractivity contribution in [3.05, 3.63) is 0 Å². The van der Waals surface area contributed by atoms with Gasteiger partial charge >= 0.3 is 0 Å². The van der Waals surface area contributed by atoms with Crippen LogP contribution in [0.2, 0.25) is 0 Å². The molecule has 12 unspecified atom stereocenters. The van der Waals surface area contributed by atoms with Crippen molar-refractivity contribution < 1.29 is 64.6 Å². The molecule has 0 aromatic heterocycles. The average molecular weight is 696 g/mol. The van der Waals surface area contributed by atoms with E-state index in [0.29, 0.717) is 12.8 Å². The fourth-order valence-electron chi connectivity index (χ4n) is 6.17. The summed E-state index contributed by atoms with van der Waals surface area (Å²) in [5.74, 6) is -0.220. The SMILES string of the molecule is CCCCCCCCCC(=O)NC(COC1OC(CO)C(OC2OC(CO)C(O)C(O)C2O)C(O)C1O)C(O)CCCCCCCCC. The Hall–Kier alpha value is -1.01. The van der Waals surface area contributed by atoms with Gasteiger partial charge < -0.3 is 65.1 Å². The van der Waals surface area contributed by atoms with Gasteiger partial charge in [0.05, 0.1) is 32.0 Å². The average Bonchev–Trinajstić information content (AvgIpc) is 3.08. The van der Waals surface area contributed by atoms with Crippen LogP contribution in [0.1, 0.15) is 117 Å². The van der Waals surface area contributed by atoms with Crippen molar-refractivity contribution in [1.29, 1.82) is 0 Å². The van der Waals surface area contributed by atoms with Crippen LogP contribution < -0.4 is 5.32 Å². The van der Waals surface area contributed by atoms with Crippen LogP contribution in [0, 0.1) is 0 Å². The first-order valence-electron chi connectivity index (χ1n) is 18.3. The van der Waals surface area contributed by atoms with E-state index in [9.17, 15) is 45.6 Å². The van der Waals surface area contributed by atoms with Gasteiger partial charge in [-0.05, 0) is 12.8 Å². The molecule has 0 saturated carbocycles. The molecule has 0 aromatic carbocycles. The van der Waals surface area contributed by atoms with E-state index in [-0.39, 0.29) is 12.5 Å². The minimum atomic E-state index is -1.77. The highest BCUT2D eigenvalue weighted by molar-refractivity contribution is 5.76. The second-order valence-electron chi connectivity index (χ2n) is 13.4. The van der Waals surface area contributed by atoms with Gasteiger partial charge in [0.1, 0.15) is 48.8 Å². The standard InChI is InChI=1S/C34H65NO13/c1-3-5-7-9-11-13-15-17-23(38)22(35-26(39)18-16-14-12-10-8-6-4-2)21-45-33-31(44)29(42)32(25(20-37)47-33)48-34-30(43)28(41)27(40)24(19-36)46-34/h22-25,27-34,36-38,40-44H,3-21H2,1-2H3,(H,35,39). The molecule has 2 rings (SSSR count). The summed E-state index contributed by atoms with van der Waals surface area (Å²) in [5.41, 5.74) is 0. The van der Waals surface area contributed by atoms with E-state index in [0.717, 1.165) is 51.4 Å². The van der Waals surface area contributed by atoms with Crippen LogP contribution in [0.15, 0.2) is 0 Å². The third-order valence-electron chi connectivity index (χ3n) is 9.32. The first-order chi connectivity index (χ1) is 23.1. The van der Waals surface area contributed by atoms with E-state index < -0.39 is 86.8 Å². The number of hydrogen-bond donors (Lipinski definition) is 9. The Labute approximate surface area is 285 Å². The summed E-state index contributed by atoms with van der Waals surface area (Å²) < 4.78 is 22.5. The maximum Gasteiger partial charge on any atom is 0.220 e. The number of nitrogens with one attached hydrogen (secondary N) is 1. The van der Waals surface area contributed by atoms with E-state index >= 15 is 0 Å². The van der Waals surface area contributed by atoms with E-state index in [2.05, 4.69) is 19.2 Å².